The largest absolute Gasteiger partial charge is 0.502 e. The van der Waals surface area contributed by atoms with E-state index in [-0.39, 0.29) is 23.8 Å². The van der Waals surface area contributed by atoms with E-state index in [1.807, 2.05) is 0 Å². The molecule has 0 fully saturated rings. The molecule has 2 aromatic rings. The molecule has 13 heteroatoms. The normalized spacial score (nSPS) is 10.7. The standard InChI is InChI=1S/C11H12N8O5/c1-24-7-2-6(10(21)8(3-7)19(22)23)4-13-14-9(20)5-18-16-11(12)15-17-18/h2-4,21H,5H2,1H3,(H2,12,16)(H,14,20)/b13-4+. The van der Waals surface area contributed by atoms with Crippen LogP contribution in [0.5, 0.6) is 11.5 Å². The Balaban J connectivity index is 2.09. The summed E-state index contributed by atoms with van der Waals surface area (Å²) in [5.41, 5.74) is 6.83. The third-order valence-electron chi connectivity index (χ3n) is 2.67. The van der Waals surface area contributed by atoms with Crippen molar-refractivity contribution in [1.29, 1.82) is 0 Å². The number of amides is 1. The molecule has 126 valence electrons. The van der Waals surface area contributed by atoms with Gasteiger partial charge in [0.15, 0.2) is 0 Å². The van der Waals surface area contributed by atoms with E-state index in [1.165, 1.54) is 13.2 Å². The molecular weight excluding hydrogens is 324 g/mol. The number of aromatic hydroxyl groups is 1. The average molecular weight is 336 g/mol. The number of hydrazone groups is 1. The number of hydrogen-bond donors (Lipinski definition) is 3. The summed E-state index contributed by atoms with van der Waals surface area (Å²) in [4.78, 5) is 22.7. The molecule has 0 aliphatic heterocycles. The van der Waals surface area contributed by atoms with Crippen molar-refractivity contribution in [2.24, 2.45) is 5.10 Å². The van der Waals surface area contributed by atoms with Gasteiger partial charge in [-0.2, -0.15) is 9.90 Å². The van der Waals surface area contributed by atoms with E-state index >= 15 is 0 Å². The Morgan fingerprint density at radius 3 is 2.96 bits per heavy atom. The van der Waals surface area contributed by atoms with Gasteiger partial charge in [0, 0.05) is 5.56 Å². The van der Waals surface area contributed by atoms with Crippen molar-refractivity contribution in [3.05, 3.63) is 27.8 Å². The molecular formula is C11H12N8O5. The van der Waals surface area contributed by atoms with E-state index in [0.717, 1.165) is 17.1 Å². The number of methoxy groups -OCH3 is 1. The number of ether oxygens (including phenoxy) is 1. The van der Waals surface area contributed by atoms with Gasteiger partial charge in [-0.05, 0) is 11.3 Å². The summed E-state index contributed by atoms with van der Waals surface area (Å²) < 4.78 is 4.91. The molecule has 0 aliphatic rings. The number of rotatable bonds is 6. The predicted molar refractivity (Wildman–Crippen MR) is 79.3 cm³/mol. The van der Waals surface area contributed by atoms with Gasteiger partial charge in [-0.1, -0.05) is 5.10 Å². The van der Waals surface area contributed by atoms with Crippen LogP contribution in [-0.2, 0) is 11.3 Å². The van der Waals surface area contributed by atoms with Crippen molar-refractivity contribution in [1.82, 2.24) is 25.6 Å². The second-order valence-electron chi connectivity index (χ2n) is 4.31. The highest BCUT2D eigenvalue weighted by Crippen LogP contribution is 2.33. The van der Waals surface area contributed by atoms with Crippen molar-refractivity contribution >= 4 is 23.8 Å². The number of aromatic nitrogens is 4. The Morgan fingerprint density at radius 1 is 1.62 bits per heavy atom. The van der Waals surface area contributed by atoms with Gasteiger partial charge in [-0.3, -0.25) is 14.9 Å². The number of phenolic OH excluding ortho intramolecular Hbond substituents is 1. The summed E-state index contributed by atoms with van der Waals surface area (Å²) in [6.45, 7) is -0.286. The maximum absolute atomic E-state index is 11.6. The first-order valence-corrected chi connectivity index (χ1v) is 6.31. The Kier molecular flexibility index (Phi) is 4.84. The van der Waals surface area contributed by atoms with Gasteiger partial charge in [0.25, 0.3) is 11.9 Å². The Hall–Kier alpha value is -3.77. The lowest BCUT2D eigenvalue weighted by atomic mass is 10.1. The number of hydrogen-bond acceptors (Lipinski definition) is 10. The number of carbonyl (C=O) groups is 1. The lowest BCUT2D eigenvalue weighted by Gasteiger charge is -2.04. The first kappa shape index (κ1) is 16.6. The molecule has 0 spiro atoms. The monoisotopic (exact) mass is 336 g/mol. The zero-order valence-corrected chi connectivity index (χ0v) is 12.3. The van der Waals surface area contributed by atoms with E-state index in [0.29, 0.717) is 0 Å². The van der Waals surface area contributed by atoms with Crippen molar-refractivity contribution < 1.29 is 19.6 Å². The molecule has 1 amide bonds. The molecule has 1 aromatic heterocycles. The van der Waals surface area contributed by atoms with Crippen LogP contribution in [0.1, 0.15) is 5.56 Å². The third kappa shape index (κ3) is 3.90. The fourth-order valence-corrected chi connectivity index (χ4v) is 1.63. The van der Waals surface area contributed by atoms with Crippen LogP contribution in [0.15, 0.2) is 17.2 Å². The molecule has 1 heterocycles. The maximum Gasteiger partial charge on any atom is 0.315 e. The van der Waals surface area contributed by atoms with E-state index in [4.69, 9.17) is 10.5 Å². The molecule has 1 aromatic carbocycles. The lowest BCUT2D eigenvalue weighted by molar-refractivity contribution is -0.385. The van der Waals surface area contributed by atoms with Crippen LogP contribution in [0.4, 0.5) is 11.6 Å². The van der Waals surface area contributed by atoms with Crippen molar-refractivity contribution in [2.75, 3.05) is 12.8 Å². The number of nitrogens with zero attached hydrogens (tertiary/aromatic N) is 6. The van der Waals surface area contributed by atoms with Crippen LogP contribution in [0, 0.1) is 10.1 Å². The van der Waals surface area contributed by atoms with E-state index in [1.54, 1.807) is 0 Å². The molecule has 0 saturated carbocycles. The van der Waals surface area contributed by atoms with Gasteiger partial charge in [-0.15, -0.1) is 5.10 Å². The summed E-state index contributed by atoms with van der Waals surface area (Å²) in [5.74, 6) is -1.14. The highest BCUT2D eigenvalue weighted by atomic mass is 16.6. The van der Waals surface area contributed by atoms with E-state index in [2.05, 4.69) is 25.9 Å². The summed E-state index contributed by atoms with van der Waals surface area (Å²) in [6.07, 6.45) is 1.03. The van der Waals surface area contributed by atoms with Gasteiger partial charge >= 0.3 is 5.69 Å². The first-order chi connectivity index (χ1) is 11.4. The number of nitrogens with one attached hydrogen (secondary N) is 1. The molecule has 2 rings (SSSR count). The SMILES string of the molecule is COc1cc(/C=N/NC(=O)Cn2nnc(N)n2)c(O)c([N+](=O)[O-])c1. The van der Waals surface area contributed by atoms with Crippen molar-refractivity contribution in [2.45, 2.75) is 6.54 Å². The topological polar surface area (TPSA) is 184 Å². The summed E-state index contributed by atoms with van der Waals surface area (Å²) in [5, 5.41) is 34.8. The number of tetrazole rings is 1. The first-order valence-electron chi connectivity index (χ1n) is 6.31. The van der Waals surface area contributed by atoms with Gasteiger partial charge in [0.05, 0.1) is 24.3 Å². The Labute approximate surface area is 133 Å². The number of phenols is 1. The van der Waals surface area contributed by atoms with Crippen LogP contribution in [0.3, 0.4) is 0 Å². The molecule has 4 N–H and O–H groups in total. The number of nitrogens with two attached hydrogens (primary N) is 1. The van der Waals surface area contributed by atoms with Gasteiger partial charge in [-0.25, -0.2) is 5.43 Å². The summed E-state index contributed by atoms with van der Waals surface area (Å²) in [7, 11) is 1.32. The number of nitro groups is 1. The number of nitrogen functional groups attached to an aromatic ring is 1. The minimum absolute atomic E-state index is 0.00975. The highest BCUT2D eigenvalue weighted by molar-refractivity contribution is 5.87. The molecule has 0 saturated heterocycles. The minimum Gasteiger partial charge on any atom is -0.502 e. The molecule has 24 heavy (non-hydrogen) atoms. The zero-order valence-electron chi connectivity index (χ0n) is 12.3. The molecule has 0 bridgehead atoms. The summed E-state index contributed by atoms with van der Waals surface area (Å²) >= 11 is 0. The second kappa shape index (κ2) is 6.99. The highest BCUT2D eigenvalue weighted by Gasteiger charge is 2.18. The smallest absolute Gasteiger partial charge is 0.315 e. The maximum atomic E-state index is 11.6. The minimum atomic E-state index is -0.769. The number of nitro benzene ring substituents is 1. The molecule has 0 aliphatic carbocycles. The number of carbonyl (C=O) groups excluding carboxylic acids is 1. The number of benzene rings is 1. The van der Waals surface area contributed by atoms with Gasteiger partial charge in [0.1, 0.15) is 12.3 Å². The predicted octanol–water partition coefficient (Wildman–Crippen LogP) is -0.972. The quantitative estimate of drug-likeness (QED) is 0.339. The van der Waals surface area contributed by atoms with E-state index < -0.39 is 22.3 Å². The fraction of sp³-hybridized carbons (Fsp3) is 0.182. The van der Waals surface area contributed by atoms with Crippen LogP contribution in [-0.4, -0.2) is 49.5 Å². The van der Waals surface area contributed by atoms with Crippen LogP contribution >= 0.6 is 0 Å². The van der Waals surface area contributed by atoms with Gasteiger partial charge < -0.3 is 15.6 Å². The Bertz CT molecular complexity index is 802. The molecule has 13 nitrogen and oxygen atoms in total. The average Bonchev–Trinajstić information content (AvgIpc) is 2.93. The van der Waals surface area contributed by atoms with Crippen LogP contribution < -0.4 is 15.9 Å². The molecule has 0 unspecified atom stereocenters. The third-order valence-corrected chi connectivity index (χ3v) is 2.67. The lowest BCUT2D eigenvalue weighted by Crippen LogP contribution is -2.24. The van der Waals surface area contributed by atoms with E-state index in [9.17, 15) is 20.0 Å². The van der Waals surface area contributed by atoms with Gasteiger partial charge in [0.2, 0.25) is 5.75 Å². The molecule has 0 atom stereocenters. The number of anilines is 1. The molecule has 0 radical (unpaired) electrons. The summed E-state index contributed by atoms with van der Waals surface area (Å²) in [6, 6.07) is 2.38. The van der Waals surface area contributed by atoms with Crippen LogP contribution in [0.2, 0.25) is 0 Å². The fourth-order valence-electron chi connectivity index (χ4n) is 1.63. The van der Waals surface area contributed by atoms with Crippen molar-refractivity contribution in [3.63, 3.8) is 0 Å². The second-order valence-corrected chi connectivity index (χ2v) is 4.31. The Morgan fingerprint density at radius 2 is 2.38 bits per heavy atom. The van der Waals surface area contributed by atoms with Crippen LogP contribution in [0.25, 0.3) is 0 Å². The zero-order chi connectivity index (χ0) is 17.7. The van der Waals surface area contributed by atoms with Crippen molar-refractivity contribution in [3.8, 4) is 11.5 Å².